The number of hydrogen-bond acceptors (Lipinski definition) is 8. The monoisotopic (exact) mass is 446 g/mol. The highest BCUT2D eigenvalue weighted by Gasteiger charge is 2.11. The number of primary sulfonamides is 1. The van der Waals surface area contributed by atoms with Gasteiger partial charge in [0, 0.05) is 11.4 Å². The molecular formula is C19H19FN6O4S. The summed E-state index contributed by atoms with van der Waals surface area (Å²) >= 11 is 0. The van der Waals surface area contributed by atoms with Crippen molar-refractivity contribution in [3.05, 3.63) is 60.5 Å². The number of nitrogens with zero attached hydrogens (tertiary/aromatic N) is 2. The minimum Gasteiger partial charge on any atom is -0.493 e. The lowest BCUT2D eigenvalue weighted by Crippen LogP contribution is -2.14. The van der Waals surface area contributed by atoms with Gasteiger partial charge in [0.15, 0.2) is 11.6 Å². The number of nitrogens with one attached hydrogen (secondary N) is 2. The second-order valence-electron chi connectivity index (χ2n) is 6.30. The number of sulfonamides is 1. The number of primary amides is 1. The Balaban J connectivity index is 1.71. The molecule has 0 aliphatic carbocycles. The van der Waals surface area contributed by atoms with Gasteiger partial charge in [-0.15, -0.1) is 0 Å². The van der Waals surface area contributed by atoms with Crippen molar-refractivity contribution in [3.63, 3.8) is 0 Å². The van der Waals surface area contributed by atoms with E-state index >= 15 is 0 Å². The van der Waals surface area contributed by atoms with Gasteiger partial charge in [0.2, 0.25) is 21.9 Å². The first kappa shape index (κ1) is 21.9. The number of amides is 1. The molecule has 2 aromatic carbocycles. The van der Waals surface area contributed by atoms with Gasteiger partial charge in [-0.2, -0.15) is 4.98 Å². The minimum absolute atomic E-state index is 0.0434. The van der Waals surface area contributed by atoms with Crippen LogP contribution in [0.3, 0.4) is 0 Å². The van der Waals surface area contributed by atoms with E-state index in [-0.39, 0.29) is 29.7 Å². The number of carbonyl (C=O) groups is 1. The summed E-state index contributed by atoms with van der Waals surface area (Å²) in [6, 6.07) is 12.3. The van der Waals surface area contributed by atoms with Gasteiger partial charge in [-0.3, -0.25) is 4.79 Å². The Hall–Kier alpha value is -3.77. The van der Waals surface area contributed by atoms with Gasteiger partial charge < -0.3 is 21.1 Å². The second kappa shape index (κ2) is 9.36. The first-order chi connectivity index (χ1) is 14.7. The molecule has 0 saturated carbocycles. The Kier molecular flexibility index (Phi) is 6.62. The summed E-state index contributed by atoms with van der Waals surface area (Å²) < 4.78 is 42.5. The van der Waals surface area contributed by atoms with E-state index in [1.807, 2.05) is 0 Å². The zero-order valence-electron chi connectivity index (χ0n) is 16.1. The Labute approximate surface area is 177 Å². The van der Waals surface area contributed by atoms with E-state index in [4.69, 9.17) is 15.6 Å². The molecule has 0 unspecified atom stereocenters. The lowest BCUT2D eigenvalue weighted by Gasteiger charge is -2.11. The fourth-order valence-corrected chi connectivity index (χ4v) is 3.00. The number of nitrogens with two attached hydrogens (primary N) is 2. The Bertz CT molecular complexity index is 1190. The van der Waals surface area contributed by atoms with Gasteiger partial charge in [-0.1, -0.05) is 6.07 Å². The molecule has 31 heavy (non-hydrogen) atoms. The van der Waals surface area contributed by atoms with Crippen LogP contribution in [0.15, 0.2) is 59.6 Å². The summed E-state index contributed by atoms with van der Waals surface area (Å²) in [5.41, 5.74) is 5.95. The number of halogens is 1. The molecule has 12 heteroatoms. The summed E-state index contributed by atoms with van der Waals surface area (Å²) in [4.78, 5) is 18.6. The van der Waals surface area contributed by atoms with E-state index in [9.17, 15) is 17.6 Å². The summed E-state index contributed by atoms with van der Waals surface area (Å²) in [5, 5.41) is 10.8. The van der Waals surface area contributed by atoms with Crippen LogP contribution in [0, 0.1) is 5.82 Å². The molecule has 0 saturated heterocycles. The molecule has 10 nitrogen and oxygen atoms in total. The Morgan fingerprint density at radius 2 is 1.84 bits per heavy atom. The summed E-state index contributed by atoms with van der Waals surface area (Å²) in [5.74, 6) is -0.680. The molecule has 3 aromatic rings. The van der Waals surface area contributed by atoms with Gasteiger partial charge in [0.25, 0.3) is 0 Å². The molecule has 0 aliphatic rings. The number of benzene rings is 2. The predicted octanol–water partition coefficient (Wildman–Crippen LogP) is 2.00. The number of anilines is 4. The fraction of sp³-hybridized carbons (Fsp3) is 0.105. The lowest BCUT2D eigenvalue weighted by atomic mass is 10.3. The molecule has 162 valence electrons. The molecule has 0 fully saturated rings. The zero-order chi connectivity index (χ0) is 22.4. The van der Waals surface area contributed by atoms with Crippen LogP contribution in [-0.2, 0) is 14.8 Å². The van der Waals surface area contributed by atoms with Crippen LogP contribution < -0.4 is 26.2 Å². The lowest BCUT2D eigenvalue weighted by molar-refractivity contribution is -0.118. The number of carbonyl (C=O) groups excluding carboxylic acids is 1. The fourth-order valence-electron chi connectivity index (χ4n) is 2.44. The number of hydrogen-bond donors (Lipinski definition) is 4. The van der Waals surface area contributed by atoms with Crippen LogP contribution in [0.25, 0.3) is 0 Å². The Morgan fingerprint density at radius 1 is 1.10 bits per heavy atom. The highest BCUT2D eigenvalue weighted by Crippen LogP contribution is 2.23. The van der Waals surface area contributed by atoms with E-state index < -0.39 is 21.7 Å². The van der Waals surface area contributed by atoms with Crippen molar-refractivity contribution >= 4 is 39.1 Å². The number of rotatable bonds is 9. The van der Waals surface area contributed by atoms with Crippen molar-refractivity contribution in [2.24, 2.45) is 10.9 Å². The maximum absolute atomic E-state index is 14.2. The van der Waals surface area contributed by atoms with Crippen LogP contribution in [-0.4, -0.2) is 30.9 Å². The third kappa shape index (κ3) is 6.35. The van der Waals surface area contributed by atoms with Crippen LogP contribution in [0.1, 0.15) is 6.42 Å². The van der Waals surface area contributed by atoms with E-state index in [0.717, 1.165) is 6.20 Å². The van der Waals surface area contributed by atoms with E-state index in [2.05, 4.69) is 20.6 Å². The SMILES string of the molecule is NC(=O)CCOc1ccc(Nc2nc(Nc3cccc(S(N)(=O)=O)c3)ncc2F)cc1. The van der Waals surface area contributed by atoms with Gasteiger partial charge in [0.05, 0.1) is 24.1 Å². The van der Waals surface area contributed by atoms with Crippen molar-refractivity contribution in [2.45, 2.75) is 11.3 Å². The third-order valence-electron chi connectivity index (χ3n) is 3.90. The summed E-state index contributed by atoms with van der Waals surface area (Å²) in [6.45, 7) is 0.157. The molecule has 1 aromatic heterocycles. The van der Waals surface area contributed by atoms with Crippen LogP contribution in [0.2, 0.25) is 0 Å². The minimum atomic E-state index is -3.87. The average molecular weight is 446 g/mol. The van der Waals surface area contributed by atoms with Crippen LogP contribution in [0.4, 0.5) is 27.5 Å². The van der Waals surface area contributed by atoms with Gasteiger partial charge in [0.1, 0.15) is 5.75 Å². The third-order valence-corrected chi connectivity index (χ3v) is 4.81. The van der Waals surface area contributed by atoms with Crippen LogP contribution in [0.5, 0.6) is 5.75 Å². The van der Waals surface area contributed by atoms with Crippen molar-refractivity contribution in [1.82, 2.24) is 9.97 Å². The van der Waals surface area contributed by atoms with Crippen molar-refractivity contribution in [2.75, 3.05) is 17.2 Å². The second-order valence-corrected chi connectivity index (χ2v) is 7.86. The average Bonchev–Trinajstić information content (AvgIpc) is 2.71. The van der Waals surface area contributed by atoms with Crippen LogP contribution >= 0.6 is 0 Å². The molecule has 0 atom stereocenters. The molecule has 1 amide bonds. The van der Waals surface area contributed by atoms with Gasteiger partial charge >= 0.3 is 0 Å². The van der Waals surface area contributed by atoms with Crippen molar-refractivity contribution in [1.29, 1.82) is 0 Å². The molecule has 6 N–H and O–H groups in total. The highest BCUT2D eigenvalue weighted by molar-refractivity contribution is 7.89. The molecular weight excluding hydrogens is 427 g/mol. The Morgan fingerprint density at radius 3 is 2.52 bits per heavy atom. The molecule has 0 spiro atoms. The summed E-state index contributed by atoms with van der Waals surface area (Å²) in [7, 11) is -3.87. The van der Waals surface area contributed by atoms with Crippen molar-refractivity contribution in [3.8, 4) is 5.75 Å². The highest BCUT2D eigenvalue weighted by atomic mass is 32.2. The molecule has 3 rings (SSSR count). The maximum Gasteiger partial charge on any atom is 0.238 e. The molecule has 1 heterocycles. The van der Waals surface area contributed by atoms with E-state index in [1.165, 1.54) is 18.2 Å². The predicted molar refractivity (Wildman–Crippen MR) is 112 cm³/mol. The smallest absolute Gasteiger partial charge is 0.238 e. The first-order valence-electron chi connectivity index (χ1n) is 8.91. The zero-order valence-corrected chi connectivity index (χ0v) is 16.9. The quantitative estimate of drug-likeness (QED) is 0.388. The van der Waals surface area contributed by atoms with Gasteiger partial charge in [-0.25, -0.2) is 22.9 Å². The molecule has 0 aliphatic heterocycles. The standard InChI is InChI=1S/C19H19FN6O4S/c20-16-11-23-19(25-13-2-1-3-15(10-13)31(22,28)29)26-18(16)24-12-4-6-14(7-5-12)30-9-8-17(21)27/h1-7,10-11H,8-9H2,(H2,21,27)(H2,22,28,29)(H2,23,24,25,26). The molecule has 0 bridgehead atoms. The van der Waals surface area contributed by atoms with Gasteiger partial charge in [-0.05, 0) is 42.5 Å². The number of ether oxygens (including phenoxy) is 1. The van der Waals surface area contributed by atoms with E-state index in [0.29, 0.717) is 17.1 Å². The maximum atomic E-state index is 14.2. The first-order valence-corrected chi connectivity index (χ1v) is 10.5. The topological polar surface area (TPSA) is 162 Å². The normalized spacial score (nSPS) is 11.0. The number of aromatic nitrogens is 2. The van der Waals surface area contributed by atoms with E-state index in [1.54, 1.807) is 30.3 Å². The molecule has 0 radical (unpaired) electrons. The van der Waals surface area contributed by atoms with Crippen molar-refractivity contribution < 1.29 is 22.3 Å². The largest absolute Gasteiger partial charge is 0.493 e. The summed E-state index contributed by atoms with van der Waals surface area (Å²) in [6.07, 6.45) is 1.07.